The highest BCUT2D eigenvalue weighted by Gasteiger charge is 2.51. The van der Waals surface area contributed by atoms with Crippen LogP contribution >= 0.6 is 0 Å². The van der Waals surface area contributed by atoms with Crippen LogP contribution in [-0.4, -0.2) is 36.9 Å². The average Bonchev–Trinajstić information content (AvgIpc) is 3.33. The van der Waals surface area contributed by atoms with Crippen LogP contribution in [0.4, 0.5) is 0 Å². The second-order valence-electron chi connectivity index (χ2n) is 8.99. The molecular weight excluding hydrogens is 318 g/mol. The van der Waals surface area contributed by atoms with E-state index in [-0.39, 0.29) is 36.2 Å². The minimum absolute atomic E-state index is 0.0137. The summed E-state index contributed by atoms with van der Waals surface area (Å²) < 4.78 is 0. The van der Waals surface area contributed by atoms with E-state index in [4.69, 9.17) is 0 Å². The zero-order valence-corrected chi connectivity index (χ0v) is 14.8. The van der Waals surface area contributed by atoms with Crippen molar-refractivity contribution < 1.29 is 14.4 Å². The highest BCUT2D eigenvalue weighted by atomic mass is 16.2. The van der Waals surface area contributed by atoms with Crippen LogP contribution in [0.1, 0.15) is 57.8 Å². The molecule has 5 rings (SSSR count). The van der Waals surface area contributed by atoms with Crippen molar-refractivity contribution >= 4 is 17.7 Å². The third-order valence-corrected chi connectivity index (χ3v) is 6.54. The van der Waals surface area contributed by atoms with Crippen molar-refractivity contribution in [3.63, 3.8) is 0 Å². The monoisotopic (exact) mass is 347 g/mol. The molecule has 6 heteroatoms. The van der Waals surface area contributed by atoms with Crippen LogP contribution < -0.4 is 16.0 Å². The van der Waals surface area contributed by atoms with Gasteiger partial charge in [0.1, 0.15) is 0 Å². The van der Waals surface area contributed by atoms with Crippen LogP contribution in [0.15, 0.2) is 0 Å². The lowest BCUT2D eigenvalue weighted by Gasteiger charge is -2.56. The van der Waals surface area contributed by atoms with Crippen LogP contribution in [0.5, 0.6) is 0 Å². The van der Waals surface area contributed by atoms with Crippen molar-refractivity contribution in [2.45, 2.75) is 63.8 Å². The molecule has 0 aromatic rings. The second-order valence-corrected chi connectivity index (χ2v) is 8.99. The molecule has 25 heavy (non-hydrogen) atoms. The van der Waals surface area contributed by atoms with Gasteiger partial charge in [-0.2, -0.15) is 0 Å². The Bertz CT molecular complexity index is 535. The predicted molar refractivity (Wildman–Crippen MR) is 92.4 cm³/mol. The van der Waals surface area contributed by atoms with Gasteiger partial charge < -0.3 is 16.0 Å². The number of hydrogen-bond acceptors (Lipinski definition) is 3. The number of nitrogens with one attached hydrogen (secondary N) is 3. The Balaban J connectivity index is 1.17. The zero-order valence-electron chi connectivity index (χ0n) is 14.8. The summed E-state index contributed by atoms with van der Waals surface area (Å²) in [5, 5.41) is 8.13. The molecule has 5 fully saturated rings. The van der Waals surface area contributed by atoms with Gasteiger partial charge in [0, 0.05) is 12.5 Å². The maximum atomic E-state index is 12.4. The molecule has 0 spiro atoms. The first-order valence-electron chi connectivity index (χ1n) is 9.82. The third-order valence-electron chi connectivity index (χ3n) is 6.54. The van der Waals surface area contributed by atoms with Gasteiger partial charge in [0.25, 0.3) is 0 Å². The first kappa shape index (κ1) is 16.9. The third kappa shape index (κ3) is 4.15. The van der Waals surface area contributed by atoms with Crippen molar-refractivity contribution in [1.29, 1.82) is 0 Å². The van der Waals surface area contributed by atoms with Crippen LogP contribution in [0.3, 0.4) is 0 Å². The molecule has 0 heterocycles. The van der Waals surface area contributed by atoms with Crippen molar-refractivity contribution in [1.82, 2.24) is 16.0 Å². The highest BCUT2D eigenvalue weighted by Crippen LogP contribution is 2.61. The number of hydrogen-bond donors (Lipinski definition) is 3. The van der Waals surface area contributed by atoms with Gasteiger partial charge in [-0.25, -0.2) is 0 Å². The molecular formula is C19H29N3O3. The van der Waals surface area contributed by atoms with Crippen LogP contribution in [0, 0.1) is 23.2 Å². The van der Waals surface area contributed by atoms with Gasteiger partial charge in [0.15, 0.2) is 0 Å². The molecule has 138 valence electrons. The summed E-state index contributed by atoms with van der Waals surface area (Å²) in [4.78, 5) is 35.7. The van der Waals surface area contributed by atoms with Gasteiger partial charge in [-0.1, -0.05) is 0 Å². The molecule has 0 aliphatic heterocycles. The van der Waals surface area contributed by atoms with Crippen molar-refractivity contribution in [2.24, 2.45) is 23.2 Å². The van der Waals surface area contributed by atoms with E-state index in [2.05, 4.69) is 16.0 Å². The zero-order chi connectivity index (χ0) is 17.4. The minimum Gasteiger partial charge on any atom is -0.352 e. The lowest BCUT2D eigenvalue weighted by molar-refractivity contribution is -0.132. The number of carbonyl (C=O) groups is 3. The normalized spacial score (nSPS) is 35.3. The van der Waals surface area contributed by atoms with E-state index >= 15 is 0 Å². The van der Waals surface area contributed by atoms with E-state index in [9.17, 15) is 14.4 Å². The van der Waals surface area contributed by atoms with Gasteiger partial charge in [-0.05, 0) is 74.5 Å². The number of rotatable bonds is 7. The van der Waals surface area contributed by atoms with E-state index in [1.807, 2.05) is 0 Å². The van der Waals surface area contributed by atoms with E-state index in [0.717, 1.165) is 30.6 Å². The second kappa shape index (κ2) is 6.61. The van der Waals surface area contributed by atoms with Gasteiger partial charge in [-0.15, -0.1) is 0 Å². The Kier molecular flexibility index (Phi) is 4.46. The fourth-order valence-corrected chi connectivity index (χ4v) is 5.84. The quantitative estimate of drug-likeness (QED) is 0.644. The average molecular weight is 347 g/mol. The van der Waals surface area contributed by atoms with Crippen molar-refractivity contribution in [3.05, 3.63) is 0 Å². The largest absolute Gasteiger partial charge is 0.352 e. The predicted octanol–water partition coefficient (Wildman–Crippen LogP) is 1.10. The molecule has 5 aliphatic rings. The number of carbonyl (C=O) groups excluding carboxylic acids is 3. The first-order valence-corrected chi connectivity index (χ1v) is 9.82. The molecule has 0 atom stereocenters. The molecule has 3 amide bonds. The summed E-state index contributed by atoms with van der Waals surface area (Å²) in [7, 11) is 0. The summed E-state index contributed by atoms with van der Waals surface area (Å²) >= 11 is 0. The molecule has 4 bridgehead atoms. The SMILES string of the molecule is O=C(CNC(=O)CC12CC3CC(CC(C3)C1)C2)NCC(=O)NC1CC1. The highest BCUT2D eigenvalue weighted by molar-refractivity contribution is 5.88. The van der Waals surface area contributed by atoms with Gasteiger partial charge >= 0.3 is 0 Å². The van der Waals surface area contributed by atoms with Crippen molar-refractivity contribution in [2.75, 3.05) is 13.1 Å². The Morgan fingerprint density at radius 1 is 0.760 bits per heavy atom. The van der Waals surface area contributed by atoms with Gasteiger partial charge in [0.2, 0.25) is 17.7 Å². The molecule has 5 saturated carbocycles. The van der Waals surface area contributed by atoms with E-state index in [1.165, 1.54) is 38.5 Å². The smallest absolute Gasteiger partial charge is 0.239 e. The Hall–Kier alpha value is -1.59. The first-order chi connectivity index (χ1) is 12.0. The topological polar surface area (TPSA) is 87.3 Å². The molecule has 5 aliphatic carbocycles. The van der Waals surface area contributed by atoms with E-state index in [1.54, 1.807) is 0 Å². The molecule has 6 nitrogen and oxygen atoms in total. The maximum absolute atomic E-state index is 12.4. The van der Waals surface area contributed by atoms with Gasteiger partial charge in [-0.3, -0.25) is 14.4 Å². The van der Waals surface area contributed by atoms with Gasteiger partial charge in [0.05, 0.1) is 13.1 Å². The molecule has 0 saturated heterocycles. The van der Waals surface area contributed by atoms with E-state index < -0.39 is 0 Å². The number of amides is 3. The van der Waals surface area contributed by atoms with Crippen LogP contribution in [0.25, 0.3) is 0 Å². The van der Waals surface area contributed by atoms with Crippen LogP contribution in [0.2, 0.25) is 0 Å². The molecule has 0 aromatic carbocycles. The molecule has 3 N–H and O–H groups in total. The lowest BCUT2D eigenvalue weighted by atomic mass is 9.49. The summed E-state index contributed by atoms with van der Waals surface area (Å²) in [5.74, 6) is 2.01. The summed E-state index contributed by atoms with van der Waals surface area (Å²) in [5.41, 5.74) is 0.194. The van der Waals surface area contributed by atoms with Crippen LogP contribution in [-0.2, 0) is 14.4 Å². The summed E-state index contributed by atoms with van der Waals surface area (Å²) in [6, 6.07) is 0.296. The minimum atomic E-state index is -0.301. The summed E-state index contributed by atoms with van der Waals surface area (Å²) in [6.45, 7) is -0.0535. The standard InChI is InChI=1S/C19H29N3O3/c23-16(20-10-17(24)21-11-18(25)22-15-1-2-15)9-19-6-12-3-13(7-19)5-14(4-12)8-19/h12-15H,1-11H2,(H,20,23)(H,21,24)(H,22,25). The molecule has 0 aromatic heterocycles. The lowest BCUT2D eigenvalue weighted by Crippen LogP contribution is -2.48. The maximum Gasteiger partial charge on any atom is 0.239 e. The fraction of sp³-hybridized carbons (Fsp3) is 0.842. The molecule has 0 unspecified atom stereocenters. The van der Waals surface area contributed by atoms with Crippen molar-refractivity contribution in [3.8, 4) is 0 Å². The Morgan fingerprint density at radius 3 is 1.84 bits per heavy atom. The fourth-order valence-electron chi connectivity index (χ4n) is 5.84. The Labute approximate surface area is 148 Å². The van der Waals surface area contributed by atoms with E-state index in [0.29, 0.717) is 12.5 Å². The summed E-state index contributed by atoms with van der Waals surface area (Å²) in [6.07, 6.45) is 10.3. The Morgan fingerprint density at radius 2 is 1.28 bits per heavy atom. The molecule has 0 radical (unpaired) electrons.